The number of nitriles is 1. The lowest BCUT2D eigenvalue weighted by Crippen LogP contribution is -2.25. The summed E-state index contributed by atoms with van der Waals surface area (Å²) in [4.78, 5) is 9.97. The first-order valence-electron chi connectivity index (χ1n) is 8.44. The normalized spacial score (nSPS) is 14.2. The summed E-state index contributed by atoms with van der Waals surface area (Å²) >= 11 is 0.976. The number of hydrogen-bond acceptors (Lipinski definition) is 6. The van der Waals surface area contributed by atoms with E-state index in [0.717, 1.165) is 23.5 Å². The first-order chi connectivity index (χ1) is 14.3. The topological polar surface area (TPSA) is 116 Å². The van der Waals surface area contributed by atoms with E-state index >= 15 is 0 Å². The summed E-state index contributed by atoms with van der Waals surface area (Å²) in [5.41, 5.74) is -1.56. The highest BCUT2D eigenvalue weighted by molar-refractivity contribution is 7.92. The molecule has 0 saturated carbocycles. The quantitative estimate of drug-likeness (QED) is 0.488. The molecule has 3 aromatic rings. The number of benzene rings is 2. The van der Waals surface area contributed by atoms with Gasteiger partial charge in [0.25, 0.3) is 10.0 Å². The van der Waals surface area contributed by atoms with E-state index in [0.29, 0.717) is 21.7 Å². The molecule has 0 amide bonds. The van der Waals surface area contributed by atoms with Gasteiger partial charge in [-0.15, -0.1) is 11.3 Å². The van der Waals surface area contributed by atoms with Gasteiger partial charge in [-0.1, -0.05) is 18.2 Å². The van der Waals surface area contributed by atoms with Crippen LogP contribution in [0.25, 0.3) is 10.1 Å². The average molecular weight is 490 g/mol. The summed E-state index contributed by atoms with van der Waals surface area (Å²) in [7, 11) is -8.90. The number of aryl methyl sites for hydroxylation is 1. The number of thiophene rings is 1. The van der Waals surface area contributed by atoms with Gasteiger partial charge in [0.05, 0.1) is 17.2 Å². The SMILES string of the molecule is Cc1c(S(=O)(=O)NCP(=O)(O)Oc2ccc(C#N)c(C(F)(F)F)c2)sc2ccccc12. The van der Waals surface area contributed by atoms with Gasteiger partial charge < -0.3 is 9.42 Å². The van der Waals surface area contributed by atoms with Crippen molar-refractivity contribution in [1.29, 1.82) is 5.26 Å². The van der Waals surface area contributed by atoms with Crippen LogP contribution in [-0.2, 0) is 20.8 Å². The Kier molecular flexibility index (Phi) is 6.19. The van der Waals surface area contributed by atoms with E-state index in [1.165, 1.54) is 6.07 Å². The molecular formula is C18H14F3N2O5PS2. The molecular weight excluding hydrogens is 476 g/mol. The smallest absolute Gasteiger partial charge is 0.417 e. The van der Waals surface area contributed by atoms with Crippen LogP contribution in [0.15, 0.2) is 46.7 Å². The van der Waals surface area contributed by atoms with Crippen molar-refractivity contribution in [2.24, 2.45) is 0 Å². The Morgan fingerprint density at radius 1 is 1.26 bits per heavy atom. The third-order valence-corrected chi connectivity index (χ3v) is 8.73. The van der Waals surface area contributed by atoms with Crippen LogP contribution in [0.1, 0.15) is 16.7 Å². The molecule has 1 atom stereocenters. The molecule has 7 nitrogen and oxygen atoms in total. The highest BCUT2D eigenvalue weighted by Gasteiger charge is 2.35. The second-order valence-electron chi connectivity index (χ2n) is 6.36. The molecule has 31 heavy (non-hydrogen) atoms. The molecule has 1 aromatic heterocycles. The van der Waals surface area contributed by atoms with Crippen molar-refractivity contribution in [3.8, 4) is 11.8 Å². The first-order valence-corrected chi connectivity index (χ1v) is 12.5. The standard InChI is InChI=1S/C18H14F3N2O5PS2/c1-11-14-4-2-3-5-16(14)30-17(11)31(26,27)23-10-29(24,25)28-13-7-6-12(9-22)15(8-13)18(19,20)21/h2-8,23H,10H2,1H3,(H,24,25). The molecule has 0 spiro atoms. The highest BCUT2D eigenvalue weighted by atomic mass is 32.2. The van der Waals surface area contributed by atoms with Crippen molar-refractivity contribution >= 4 is 39.0 Å². The molecule has 13 heteroatoms. The number of nitrogens with zero attached hydrogens (tertiary/aromatic N) is 1. The number of rotatable bonds is 6. The summed E-state index contributed by atoms with van der Waals surface area (Å²) in [6.07, 6.45) is -5.95. The first kappa shape index (κ1) is 23.2. The van der Waals surface area contributed by atoms with Crippen LogP contribution in [-0.4, -0.2) is 19.6 Å². The van der Waals surface area contributed by atoms with Gasteiger partial charge in [0.15, 0.2) is 0 Å². The summed E-state index contributed by atoms with van der Waals surface area (Å²) in [5.74, 6) is -0.630. The van der Waals surface area contributed by atoms with Gasteiger partial charge in [-0.25, -0.2) is 13.0 Å². The molecule has 2 N–H and O–H groups in total. The monoisotopic (exact) mass is 490 g/mol. The molecule has 0 saturated heterocycles. The van der Waals surface area contributed by atoms with E-state index in [1.807, 2.05) is 4.72 Å². The predicted octanol–water partition coefficient (Wildman–Crippen LogP) is 4.60. The van der Waals surface area contributed by atoms with Crippen molar-refractivity contribution in [3.05, 3.63) is 59.2 Å². The highest BCUT2D eigenvalue weighted by Crippen LogP contribution is 2.44. The van der Waals surface area contributed by atoms with Crippen LogP contribution in [0.5, 0.6) is 5.75 Å². The van der Waals surface area contributed by atoms with Crippen LogP contribution in [0.2, 0.25) is 0 Å². The van der Waals surface area contributed by atoms with Crippen molar-refractivity contribution in [3.63, 3.8) is 0 Å². The van der Waals surface area contributed by atoms with Crippen LogP contribution in [0.4, 0.5) is 13.2 Å². The Bertz CT molecular complexity index is 1350. The zero-order valence-electron chi connectivity index (χ0n) is 15.7. The van der Waals surface area contributed by atoms with E-state index < -0.39 is 47.0 Å². The number of alkyl halides is 3. The number of fused-ring (bicyclic) bond motifs is 1. The molecule has 164 valence electrons. The number of halogens is 3. The van der Waals surface area contributed by atoms with Gasteiger partial charge in [-0.2, -0.15) is 23.2 Å². The van der Waals surface area contributed by atoms with Crippen LogP contribution >= 0.6 is 18.9 Å². The third kappa shape index (κ3) is 5.08. The molecule has 0 aliphatic heterocycles. The van der Waals surface area contributed by atoms with Crippen molar-refractivity contribution in [2.45, 2.75) is 17.3 Å². The van der Waals surface area contributed by atoms with Crippen LogP contribution in [0.3, 0.4) is 0 Å². The molecule has 0 radical (unpaired) electrons. The zero-order valence-corrected chi connectivity index (χ0v) is 18.2. The van der Waals surface area contributed by atoms with E-state index in [-0.39, 0.29) is 4.21 Å². The maximum Gasteiger partial charge on any atom is 0.417 e. The molecule has 3 rings (SSSR count). The second kappa shape index (κ2) is 8.26. The summed E-state index contributed by atoms with van der Waals surface area (Å²) in [6.45, 7) is 1.60. The molecule has 0 bridgehead atoms. The Morgan fingerprint density at radius 3 is 2.55 bits per heavy atom. The van der Waals surface area contributed by atoms with Gasteiger partial charge in [0.2, 0.25) is 0 Å². The molecule has 1 heterocycles. The molecule has 0 fully saturated rings. The van der Waals surface area contributed by atoms with Gasteiger partial charge in [0.1, 0.15) is 16.2 Å². The van der Waals surface area contributed by atoms with Crippen molar-refractivity contribution in [1.82, 2.24) is 4.72 Å². The molecule has 2 aromatic carbocycles. The Hall–Kier alpha value is -2.42. The van der Waals surface area contributed by atoms with Crippen LogP contribution in [0, 0.1) is 18.3 Å². The Morgan fingerprint density at radius 2 is 1.94 bits per heavy atom. The lowest BCUT2D eigenvalue weighted by Gasteiger charge is -2.16. The fraction of sp³-hybridized carbons (Fsp3) is 0.167. The lowest BCUT2D eigenvalue weighted by atomic mass is 10.1. The molecule has 0 aliphatic carbocycles. The maximum atomic E-state index is 13.0. The minimum Gasteiger partial charge on any atom is -0.424 e. The summed E-state index contributed by atoms with van der Waals surface area (Å²) in [6, 6.07) is 10.5. The largest absolute Gasteiger partial charge is 0.424 e. The Balaban J connectivity index is 1.80. The average Bonchev–Trinajstić information content (AvgIpc) is 3.04. The molecule has 0 aliphatic rings. The van der Waals surface area contributed by atoms with Gasteiger partial charge in [-0.05, 0) is 42.1 Å². The number of sulfonamides is 1. The molecule has 1 unspecified atom stereocenters. The Labute approximate surface area is 179 Å². The van der Waals surface area contributed by atoms with Gasteiger partial charge in [-0.3, -0.25) is 0 Å². The summed E-state index contributed by atoms with van der Waals surface area (Å²) in [5, 5.41) is 9.51. The van der Waals surface area contributed by atoms with Crippen molar-refractivity contribution < 1.29 is 35.6 Å². The number of hydrogen-bond donors (Lipinski definition) is 2. The predicted molar refractivity (Wildman–Crippen MR) is 108 cm³/mol. The third-order valence-electron chi connectivity index (χ3n) is 4.16. The minimum atomic E-state index is -4.88. The van der Waals surface area contributed by atoms with E-state index in [1.54, 1.807) is 31.2 Å². The lowest BCUT2D eigenvalue weighted by molar-refractivity contribution is -0.137. The van der Waals surface area contributed by atoms with Gasteiger partial charge in [0, 0.05) is 4.70 Å². The number of nitrogens with one attached hydrogen (secondary N) is 1. The van der Waals surface area contributed by atoms with Crippen LogP contribution < -0.4 is 9.25 Å². The van der Waals surface area contributed by atoms with Gasteiger partial charge >= 0.3 is 13.8 Å². The fourth-order valence-corrected chi connectivity index (χ4v) is 7.06. The van der Waals surface area contributed by atoms with E-state index in [9.17, 15) is 31.0 Å². The fourth-order valence-electron chi connectivity index (χ4n) is 2.75. The second-order valence-corrected chi connectivity index (χ2v) is 11.2. The summed E-state index contributed by atoms with van der Waals surface area (Å²) < 4.78 is 84.0. The van der Waals surface area contributed by atoms with Crippen molar-refractivity contribution in [2.75, 3.05) is 6.29 Å². The maximum absolute atomic E-state index is 13.0. The zero-order chi connectivity index (χ0) is 23.0. The minimum absolute atomic E-state index is 0.0496. The van der Waals surface area contributed by atoms with E-state index in [4.69, 9.17) is 9.79 Å². The van der Waals surface area contributed by atoms with E-state index in [2.05, 4.69) is 0 Å².